The summed E-state index contributed by atoms with van der Waals surface area (Å²) < 4.78 is 0. The summed E-state index contributed by atoms with van der Waals surface area (Å²) in [5.41, 5.74) is 2.47. The van der Waals surface area contributed by atoms with Gasteiger partial charge in [0.2, 0.25) is 0 Å². The first-order valence-corrected chi connectivity index (χ1v) is 8.22. The Bertz CT molecular complexity index is 375. The molecule has 1 nitrogen and oxygen atoms in total. The summed E-state index contributed by atoms with van der Waals surface area (Å²) in [6.07, 6.45) is 15.9. The van der Waals surface area contributed by atoms with Crippen LogP contribution in [0.15, 0.2) is 73.4 Å². The zero-order chi connectivity index (χ0) is 19.1. The molecule has 0 aromatic heterocycles. The van der Waals surface area contributed by atoms with E-state index < -0.39 is 0 Å². The highest BCUT2D eigenvalue weighted by Crippen LogP contribution is 2.04. The zero-order valence-electron chi connectivity index (χ0n) is 16.5. The molecule has 0 saturated carbocycles. The van der Waals surface area contributed by atoms with Crippen LogP contribution >= 0.6 is 0 Å². The standard InChI is InChI=1S/C10H16.C7H10.C3H6O.C2H6/c1-4-7-9-10(6-3)8-5-2;1-4-6-7(3)5-2;1-3(2)4;1-2/h4,6-7,9H,3,5,8H2,1-2H3;4-6H,1-2H2,3H3;1-2H3;1-2H3/b7-4-,10-9+;7-6-;;. The van der Waals surface area contributed by atoms with Gasteiger partial charge in [-0.05, 0) is 39.7 Å². The van der Waals surface area contributed by atoms with E-state index in [-0.39, 0.29) is 5.78 Å². The van der Waals surface area contributed by atoms with E-state index in [9.17, 15) is 4.79 Å². The van der Waals surface area contributed by atoms with E-state index in [1.54, 1.807) is 12.2 Å². The van der Waals surface area contributed by atoms with Gasteiger partial charge in [-0.3, -0.25) is 0 Å². The predicted molar refractivity (Wildman–Crippen MR) is 110 cm³/mol. The molecule has 0 aromatic carbocycles. The van der Waals surface area contributed by atoms with E-state index in [2.05, 4.69) is 32.7 Å². The highest BCUT2D eigenvalue weighted by Gasteiger charge is 1.84. The minimum absolute atomic E-state index is 0.167. The number of hydrogen-bond acceptors (Lipinski definition) is 1. The van der Waals surface area contributed by atoms with E-state index in [1.165, 1.54) is 25.8 Å². The Kier molecular flexibility index (Phi) is 35.9. The Morgan fingerprint density at radius 1 is 0.957 bits per heavy atom. The van der Waals surface area contributed by atoms with Gasteiger partial charge in [0.25, 0.3) is 0 Å². The molecule has 132 valence electrons. The Labute approximate surface area is 145 Å². The maximum Gasteiger partial charge on any atom is 0.126 e. The molecule has 0 aliphatic carbocycles. The van der Waals surface area contributed by atoms with Gasteiger partial charge >= 0.3 is 0 Å². The van der Waals surface area contributed by atoms with Crippen LogP contribution in [0.4, 0.5) is 0 Å². The van der Waals surface area contributed by atoms with Crippen molar-refractivity contribution in [2.75, 3.05) is 0 Å². The average Bonchev–Trinajstić information content (AvgIpc) is 2.53. The lowest BCUT2D eigenvalue weighted by atomic mass is 10.1. The highest BCUT2D eigenvalue weighted by molar-refractivity contribution is 5.72. The van der Waals surface area contributed by atoms with Gasteiger partial charge in [0.05, 0.1) is 0 Å². The molecule has 0 atom stereocenters. The molecule has 0 aromatic rings. The van der Waals surface area contributed by atoms with Crippen LogP contribution in [0.3, 0.4) is 0 Å². The summed E-state index contributed by atoms with van der Waals surface area (Å²) in [6, 6.07) is 0. The van der Waals surface area contributed by atoms with Crippen molar-refractivity contribution in [3.63, 3.8) is 0 Å². The maximum absolute atomic E-state index is 9.44. The first-order chi connectivity index (χ1) is 10.9. The Morgan fingerprint density at radius 2 is 1.43 bits per heavy atom. The smallest absolute Gasteiger partial charge is 0.126 e. The molecule has 0 aliphatic heterocycles. The normalized spacial score (nSPS) is 10.0. The monoisotopic (exact) mass is 318 g/mol. The van der Waals surface area contributed by atoms with Gasteiger partial charge in [-0.2, -0.15) is 0 Å². The lowest BCUT2D eigenvalue weighted by Crippen LogP contribution is -1.74. The van der Waals surface area contributed by atoms with Crippen LogP contribution in [-0.4, -0.2) is 5.78 Å². The van der Waals surface area contributed by atoms with E-state index in [1.807, 2.05) is 52.0 Å². The minimum atomic E-state index is 0.167. The SMILES string of the molecule is C=C/C(=C\C=C/C)CCC.C=C/C=C(/C)C=C.CC.CC(C)=O. The molecule has 0 rings (SSSR count). The van der Waals surface area contributed by atoms with E-state index >= 15 is 0 Å². The predicted octanol–water partition coefficient (Wildman–Crippen LogP) is 7.40. The Balaban J connectivity index is -0.000000121. The molecule has 0 aliphatic rings. The molecule has 23 heavy (non-hydrogen) atoms. The number of allylic oxidation sites excluding steroid dienone is 9. The molecule has 0 saturated heterocycles. The van der Waals surface area contributed by atoms with Crippen LogP contribution in [-0.2, 0) is 4.79 Å². The van der Waals surface area contributed by atoms with E-state index in [0.717, 1.165) is 12.0 Å². The molecule has 0 heterocycles. The molecular formula is C22H38O. The molecule has 0 unspecified atom stereocenters. The molecule has 0 radical (unpaired) electrons. The van der Waals surface area contributed by atoms with Crippen LogP contribution in [0.1, 0.15) is 61.3 Å². The van der Waals surface area contributed by atoms with Crippen molar-refractivity contribution in [3.8, 4) is 0 Å². The number of Topliss-reactive ketones (excluding diaryl/α,β-unsaturated/α-hetero) is 1. The summed E-state index contributed by atoms with van der Waals surface area (Å²) in [6.45, 7) is 24.0. The van der Waals surface area contributed by atoms with Crippen molar-refractivity contribution >= 4 is 5.78 Å². The quantitative estimate of drug-likeness (QED) is 0.466. The van der Waals surface area contributed by atoms with Gasteiger partial charge in [0.15, 0.2) is 0 Å². The van der Waals surface area contributed by atoms with Crippen molar-refractivity contribution in [1.82, 2.24) is 0 Å². The molecule has 0 fully saturated rings. The summed E-state index contributed by atoms with van der Waals surface area (Å²) in [4.78, 5) is 9.44. The lowest BCUT2D eigenvalue weighted by molar-refractivity contribution is -0.114. The number of carbonyl (C=O) groups is 1. The average molecular weight is 319 g/mol. The number of ketones is 1. The first kappa shape index (κ1) is 29.2. The third-order valence-corrected chi connectivity index (χ3v) is 2.01. The van der Waals surface area contributed by atoms with Crippen LogP contribution in [0, 0.1) is 0 Å². The second-order valence-electron chi connectivity index (χ2n) is 4.48. The van der Waals surface area contributed by atoms with Crippen LogP contribution in [0.2, 0.25) is 0 Å². The summed E-state index contributed by atoms with van der Waals surface area (Å²) >= 11 is 0. The fourth-order valence-corrected chi connectivity index (χ4v) is 1.02. The van der Waals surface area contributed by atoms with Crippen molar-refractivity contribution < 1.29 is 4.79 Å². The highest BCUT2D eigenvalue weighted by atomic mass is 16.1. The fraction of sp³-hybridized carbons (Fsp3) is 0.409. The van der Waals surface area contributed by atoms with Gasteiger partial charge in [-0.25, -0.2) is 0 Å². The Hall–Kier alpha value is -1.89. The number of hydrogen-bond donors (Lipinski definition) is 0. The van der Waals surface area contributed by atoms with Crippen molar-refractivity contribution in [3.05, 3.63) is 73.4 Å². The molecule has 0 N–H and O–H groups in total. The topological polar surface area (TPSA) is 17.1 Å². The molecular weight excluding hydrogens is 280 g/mol. The van der Waals surface area contributed by atoms with Gasteiger partial charge in [0.1, 0.15) is 5.78 Å². The second-order valence-corrected chi connectivity index (χ2v) is 4.48. The molecule has 0 bridgehead atoms. The van der Waals surface area contributed by atoms with Gasteiger partial charge in [0, 0.05) is 0 Å². The third-order valence-electron chi connectivity index (χ3n) is 2.01. The van der Waals surface area contributed by atoms with Crippen molar-refractivity contribution in [2.24, 2.45) is 0 Å². The van der Waals surface area contributed by atoms with Crippen LogP contribution in [0.25, 0.3) is 0 Å². The number of rotatable bonds is 6. The minimum Gasteiger partial charge on any atom is -0.300 e. The summed E-state index contributed by atoms with van der Waals surface area (Å²) in [7, 11) is 0. The largest absolute Gasteiger partial charge is 0.300 e. The zero-order valence-corrected chi connectivity index (χ0v) is 16.5. The first-order valence-electron chi connectivity index (χ1n) is 8.22. The van der Waals surface area contributed by atoms with E-state index in [0.29, 0.717) is 0 Å². The Morgan fingerprint density at radius 3 is 1.65 bits per heavy atom. The van der Waals surface area contributed by atoms with Gasteiger partial charge < -0.3 is 4.79 Å². The van der Waals surface area contributed by atoms with Crippen LogP contribution in [0.5, 0.6) is 0 Å². The fourth-order valence-electron chi connectivity index (χ4n) is 1.02. The summed E-state index contributed by atoms with van der Waals surface area (Å²) in [5, 5.41) is 0. The van der Waals surface area contributed by atoms with Crippen molar-refractivity contribution in [1.29, 1.82) is 0 Å². The molecule has 0 amide bonds. The summed E-state index contributed by atoms with van der Waals surface area (Å²) in [5.74, 6) is 0.167. The van der Waals surface area contributed by atoms with E-state index in [4.69, 9.17) is 0 Å². The van der Waals surface area contributed by atoms with Gasteiger partial charge in [-0.1, -0.05) is 95.0 Å². The lowest BCUT2D eigenvalue weighted by Gasteiger charge is -1.94. The third kappa shape index (κ3) is 45.0. The molecule has 0 spiro atoms. The number of carbonyl (C=O) groups excluding carboxylic acids is 1. The molecule has 1 heteroatoms. The van der Waals surface area contributed by atoms with Crippen LogP contribution < -0.4 is 0 Å². The second kappa shape index (κ2) is 28.3. The van der Waals surface area contributed by atoms with Gasteiger partial charge in [-0.15, -0.1) is 0 Å². The van der Waals surface area contributed by atoms with Crippen molar-refractivity contribution in [2.45, 2.75) is 61.3 Å². The maximum atomic E-state index is 9.44.